The molecule has 1 N–H and O–H groups in total. The van der Waals surface area contributed by atoms with E-state index in [1.165, 1.54) is 24.3 Å². The van der Waals surface area contributed by atoms with Gasteiger partial charge in [0.15, 0.2) is 0 Å². The molecular weight excluding hydrogens is 479 g/mol. The summed E-state index contributed by atoms with van der Waals surface area (Å²) in [7, 11) is 0. The number of anilines is 1. The van der Waals surface area contributed by atoms with Crippen LogP contribution in [0.25, 0.3) is 6.08 Å². The summed E-state index contributed by atoms with van der Waals surface area (Å²) in [5, 5.41) is 2.07. The van der Waals surface area contributed by atoms with E-state index in [1.54, 1.807) is 24.3 Å². The van der Waals surface area contributed by atoms with Crippen molar-refractivity contribution < 1.29 is 23.5 Å². The number of carbonyl (C=O) groups excluding carboxylic acids is 3. The second-order valence-electron chi connectivity index (χ2n) is 6.89. The Balaban J connectivity index is 1.52. The monoisotopic (exact) mass is 494 g/mol. The molecule has 6 nitrogen and oxygen atoms in total. The third-order valence-electron chi connectivity index (χ3n) is 4.70. The summed E-state index contributed by atoms with van der Waals surface area (Å²) in [4.78, 5) is 37.9. The zero-order valence-corrected chi connectivity index (χ0v) is 18.1. The van der Waals surface area contributed by atoms with E-state index < -0.39 is 23.7 Å². The Morgan fingerprint density at radius 3 is 2.31 bits per heavy atom. The van der Waals surface area contributed by atoms with Crippen molar-refractivity contribution in [1.82, 2.24) is 5.32 Å². The van der Waals surface area contributed by atoms with Crippen LogP contribution in [0, 0.1) is 5.82 Å². The van der Waals surface area contributed by atoms with Crippen LogP contribution in [0.4, 0.5) is 14.9 Å². The van der Waals surface area contributed by atoms with Gasteiger partial charge in [0, 0.05) is 4.47 Å². The zero-order chi connectivity index (χ0) is 22.7. The van der Waals surface area contributed by atoms with Crippen LogP contribution in [0.2, 0.25) is 0 Å². The van der Waals surface area contributed by atoms with E-state index in [0.717, 1.165) is 16.1 Å². The van der Waals surface area contributed by atoms with E-state index in [1.807, 2.05) is 24.3 Å². The van der Waals surface area contributed by atoms with Crippen LogP contribution in [0.15, 0.2) is 82.8 Å². The number of ether oxygens (including phenoxy) is 1. The van der Waals surface area contributed by atoms with Gasteiger partial charge >= 0.3 is 6.03 Å². The fourth-order valence-electron chi connectivity index (χ4n) is 3.08. The number of halogens is 2. The van der Waals surface area contributed by atoms with Crippen molar-refractivity contribution in [3.8, 4) is 5.75 Å². The number of carbonyl (C=O) groups is 3. The highest BCUT2D eigenvalue weighted by molar-refractivity contribution is 9.10. The molecule has 8 heteroatoms. The number of imide groups is 2. The quantitative estimate of drug-likeness (QED) is 0.407. The van der Waals surface area contributed by atoms with Gasteiger partial charge in [-0.2, -0.15) is 0 Å². The normalized spacial score (nSPS) is 15.1. The second-order valence-corrected chi connectivity index (χ2v) is 7.81. The highest BCUT2D eigenvalue weighted by Crippen LogP contribution is 2.25. The van der Waals surface area contributed by atoms with Gasteiger partial charge in [0.25, 0.3) is 11.8 Å². The van der Waals surface area contributed by atoms with Crippen molar-refractivity contribution in [2.75, 3.05) is 4.90 Å². The summed E-state index contributed by atoms with van der Waals surface area (Å²) < 4.78 is 20.9. The molecule has 1 fully saturated rings. The van der Waals surface area contributed by atoms with E-state index in [9.17, 15) is 18.8 Å². The molecule has 0 bridgehead atoms. The van der Waals surface area contributed by atoms with Crippen molar-refractivity contribution in [2.45, 2.75) is 6.61 Å². The standard InChI is InChI=1S/C24H16BrFN2O4/c25-17-9-5-16(6-10-17)14-32-18-11-7-15(8-12-18)13-19-22(29)27-24(31)28(23(19)30)21-4-2-1-3-20(21)26/h1-13H,14H2,(H,27,29,31)/b19-13-. The van der Waals surface area contributed by atoms with Crippen LogP contribution in [-0.2, 0) is 16.2 Å². The van der Waals surface area contributed by atoms with Gasteiger partial charge in [-0.1, -0.05) is 52.3 Å². The van der Waals surface area contributed by atoms with Crippen LogP contribution < -0.4 is 15.0 Å². The molecule has 0 spiro atoms. The molecule has 3 aromatic carbocycles. The van der Waals surface area contributed by atoms with E-state index in [0.29, 0.717) is 22.8 Å². The number of para-hydroxylation sites is 1. The lowest BCUT2D eigenvalue weighted by Gasteiger charge is -2.26. The van der Waals surface area contributed by atoms with Crippen molar-refractivity contribution in [3.63, 3.8) is 0 Å². The Labute approximate surface area is 191 Å². The Bertz CT molecular complexity index is 1220. The fourth-order valence-corrected chi connectivity index (χ4v) is 3.35. The first kappa shape index (κ1) is 21.5. The molecule has 160 valence electrons. The molecule has 0 radical (unpaired) electrons. The minimum atomic E-state index is -1.00. The topological polar surface area (TPSA) is 75.7 Å². The predicted octanol–water partition coefficient (Wildman–Crippen LogP) is 4.83. The summed E-state index contributed by atoms with van der Waals surface area (Å²) in [6.45, 7) is 0.383. The average molecular weight is 495 g/mol. The first-order valence-corrected chi connectivity index (χ1v) is 10.3. The van der Waals surface area contributed by atoms with E-state index >= 15 is 0 Å². The van der Waals surface area contributed by atoms with Crippen LogP contribution in [0.3, 0.4) is 0 Å². The Kier molecular flexibility index (Phi) is 6.13. The largest absolute Gasteiger partial charge is 0.489 e. The molecule has 1 aliphatic heterocycles. The summed E-state index contributed by atoms with van der Waals surface area (Å²) >= 11 is 3.38. The number of urea groups is 1. The summed E-state index contributed by atoms with van der Waals surface area (Å²) in [6.07, 6.45) is 1.34. The number of hydrogen-bond donors (Lipinski definition) is 1. The number of hydrogen-bond acceptors (Lipinski definition) is 4. The number of nitrogens with zero attached hydrogens (tertiary/aromatic N) is 1. The van der Waals surface area contributed by atoms with Gasteiger partial charge in [-0.05, 0) is 53.6 Å². The second kappa shape index (κ2) is 9.15. The first-order valence-electron chi connectivity index (χ1n) is 9.55. The third kappa shape index (κ3) is 4.60. The summed E-state index contributed by atoms with van der Waals surface area (Å²) in [5.41, 5.74) is 1.03. The number of rotatable bonds is 5. The van der Waals surface area contributed by atoms with Crippen LogP contribution >= 0.6 is 15.9 Å². The molecular formula is C24H16BrFN2O4. The highest BCUT2D eigenvalue weighted by Gasteiger charge is 2.37. The lowest BCUT2D eigenvalue weighted by molar-refractivity contribution is -0.122. The highest BCUT2D eigenvalue weighted by atomic mass is 79.9. The lowest BCUT2D eigenvalue weighted by Crippen LogP contribution is -2.54. The molecule has 0 aromatic heterocycles. The Morgan fingerprint density at radius 1 is 0.938 bits per heavy atom. The molecule has 4 rings (SSSR count). The van der Waals surface area contributed by atoms with Crippen molar-refractivity contribution in [1.29, 1.82) is 0 Å². The molecule has 0 atom stereocenters. The van der Waals surface area contributed by atoms with Gasteiger partial charge in [-0.25, -0.2) is 14.1 Å². The zero-order valence-electron chi connectivity index (χ0n) is 16.5. The summed E-state index contributed by atoms with van der Waals surface area (Å²) in [6, 6.07) is 18.8. The van der Waals surface area contributed by atoms with Crippen LogP contribution in [0.5, 0.6) is 5.75 Å². The van der Waals surface area contributed by atoms with Crippen LogP contribution in [-0.4, -0.2) is 17.8 Å². The molecule has 32 heavy (non-hydrogen) atoms. The lowest BCUT2D eigenvalue weighted by atomic mass is 10.1. The van der Waals surface area contributed by atoms with Crippen molar-refractivity contribution in [3.05, 3.63) is 99.8 Å². The molecule has 1 saturated heterocycles. The van der Waals surface area contributed by atoms with E-state index in [4.69, 9.17) is 4.74 Å². The summed E-state index contributed by atoms with van der Waals surface area (Å²) in [5.74, 6) is -1.89. The minimum absolute atomic E-state index is 0.231. The molecule has 0 saturated carbocycles. The Hall–Kier alpha value is -3.78. The van der Waals surface area contributed by atoms with E-state index in [2.05, 4.69) is 21.2 Å². The SMILES string of the molecule is O=C1NC(=O)N(c2ccccc2F)C(=O)/C1=C\c1ccc(OCc2ccc(Br)cc2)cc1. The number of barbiturate groups is 1. The Morgan fingerprint density at radius 2 is 1.62 bits per heavy atom. The van der Waals surface area contributed by atoms with Gasteiger partial charge in [-0.15, -0.1) is 0 Å². The maximum atomic E-state index is 14.1. The van der Waals surface area contributed by atoms with Gasteiger partial charge in [-0.3, -0.25) is 14.9 Å². The molecule has 4 amide bonds. The average Bonchev–Trinajstić information content (AvgIpc) is 2.78. The number of benzene rings is 3. The maximum Gasteiger partial charge on any atom is 0.336 e. The van der Waals surface area contributed by atoms with Gasteiger partial charge < -0.3 is 4.74 Å². The molecule has 3 aromatic rings. The van der Waals surface area contributed by atoms with Crippen LogP contribution in [0.1, 0.15) is 11.1 Å². The maximum absolute atomic E-state index is 14.1. The van der Waals surface area contributed by atoms with Gasteiger partial charge in [0.1, 0.15) is 23.7 Å². The van der Waals surface area contributed by atoms with Crippen molar-refractivity contribution in [2.24, 2.45) is 0 Å². The minimum Gasteiger partial charge on any atom is -0.489 e. The van der Waals surface area contributed by atoms with Gasteiger partial charge in [0.2, 0.25) is 0 Å². The molecule has 1 heterocycles. The van der Waals surface area contributed by atoms with Gasteiger partial charge in [0.05, 0.1) is 5.69 Å². The molecule has 0 unspecified atom stereocenters. The van der Waals surface area contributed by atoms with E-state index in [-0.39, 0.29) is 11.3 Å². The number of amides is 4. The molecule has 1 aliphatic rings. The third-order valence-corrected chi connectivity index (χ3v) is 5.23. The smallest absolute Gasteiger partial charge is 0.336 e. The molecule has 0 aliphatic carbocycles. The number of nitrogens with one attached hydrogen (secondary N) is 1. The fraction of sp³-hybridized carbons (Fsp3) is 0.0417. The first-order chi connectivity index (χ1) is 15.4. The van der Waals surface area contributed by atoms with Crippen molar-refractivity contribution >= 4 is 45.5 Å². The predicted molar refractivity (Wildman–Crippen MR) is 120 cm³/mol.